The zero-order chi connectivity index (χ0) is 11.9. The Kier molecular flexibility index (Phi) is 2.43. The van der Waals surface area contributed by atoms with Crippen molar-refractivity contribution in [3.05, 3.63) is 52.1 Å². The number of allylic oxidation sites excluding steroid dienone is 4. The Morgan fingerprint density at radius 2 is 1.72 bits per heavy atom. The zero-order valence-corrected chi connectivity index (χ0v) is 11.0. The highest BCUT2D eigenvalue weighted by molar-refractivity contribution is 5.82. The maximum Gasteiger partial charge on any atom is -0.0149 e. The van der Waals surface area contributed by atoms with E-state index in [4.69, 9.17) is 0 Å². The van der Waals surface area contributed by atoms with Crippen molar-refractivity contribution in [2.24, 2.45) is 0 Å². The molecule has 4 rings (SSSR count). The fourth-order valence-corrected chi connectivity index (χ4v) is 3.97. The van der Waals surface area contributed by atoms with Gasteiger partial charge in [-0.3, -0.25) is 0 Å². The highest BCUT2D eigenvalue weighted by Crippen LogP contribution is 2.40. The Labute approximate surface area is 109 Å². The van der Waals surface area contributed by atoms with Crippen molar-refractivity contribution in [1.29, 1.82) is 0 Å². The molecule has 0 atom stereocenters. The average Bonchev–Trinajstić information content (AvgIpc) is 2.46. The molecule has 1 aromatic rings. The molecule has 0 radical (unpaired) electrons. The fourth-order valence-electron chi connectivity index (χ4n) is 3.97. The molecule has 0 fully saturated rings. The molecule has 0 aromatic heterocycles. The zero-order valence-electron chi connectivity index (χ0n) is 11.0. The average molecular weight is 236 g/mol. The van der Waals surface area contributed by atoms with Gasteiger partial charge in [0.15, 0.2) is 0 Å². The maximum absolute atomic E-state index is 2.41. The van der Waals surface area contributed by atoms with Gasteiger partial charge in [-0.1, -0.05) is 29.9 Å². The van der Waals surface area contributed by atoms with Crippen molar-refractivity contribution in [3.63, 3.8) is 0 Å². The van der Waals surface area contributed by atoms with Crippen LogP contribution in [0.25, 0.3) is 5.57 Å². The molecule has 0 N–H and O–H groups in total. The van der Waals surface area contributed by atoms with E-state index < -0.39 is 0 Å². The van der Waals surface area contributed by atoms with E-state index >= 15 is 0 Å². The summed E-state index contributed by atoms with van der Waals surface area (Å²) in [6.07, 6.45) is 15.3. The molecule has 0 nitrogen and oxygen atoms in total. The molecular formula is C18H20. The molecule has 0 spiro atoms. The van der Waals surface area contributed by atoms with Gasteiger partial charge in [-0.05, 0) is 79.2 Å². The number of aryl methyl sites for hydroxylation is 1. The standard InChI is InChI=1S/C18H20/c1-3-7-15-13(5-1)9-11-18-16-8-4-2-6-14(16)10-12-17(15)18/h3,7,10,12H,1-2,4-6,8-9,11H2. The molecule has 18 heavy (non-hydrogen) atoms. The van der Waals surface area contributed by atoms with E-state index in [2.05, 4.69) is 24.3 Å². The van der Waals surface area contributed by atoms with Crippen LogP contribution >= 0.6 is 0 Å². The largest absolute Gasteiger partial charge is 0.0836 e. The van der Waals surface area contributed by atoms with Gasteiger partial charge in [-0.15, -0.1) is 0 Å². The van der Waals surface area contributed by atoms with Gasteiger partial charge in [-0.25, -0.2) is 0 Å². The first-order valence-electron chi connectivity index (χ1n) is 7.46. The van der Waals surface area contributed by atoms with Gasteiger partial charge in [-0.2, -0.15) is 0 Å². The van der Waals surface area contributed by atoms with E-state index in [9.17, 15) is 0 Å². The number of hydrogen-bond donors (Lipinski definition) is 0. The number of benzene rings is 1. The summed E-state index contributed by atoms with van der Waals surface area (Å²) < 4.78 is 0. The Morgan fingerprint density at radius 3 is 2.72 bits per heavy atom. The molecule has 0 saturated carbocycles. The summed E-state index contributed by atoms with van der Waals surface area (Å²) in [5, 5.41) is 0. The van der Waals surface area contributed by atoms with Crippen LogP contribution in [0.5, 0.6) is 0 Å². The molecular weight excluding hydrogens is 216 g/mol. The third-order valence-electron chi connectivity index (χ3n) is 4.90. The lowest BCUT2D eigenvalue weighted by molar-refractivity contribution is 0.673. The van der Waals surface area contributed by atoms with E-state index in [1.807, 2.05) is 0 Å². The second-order valence-electron chi connectivity index (χ2n) is 5.89. The Morgan fingerprint density at radius 1 is 0.778 bits per heavy atom. The molecule has 0 bridgehead atoms. The van der Waals surface area contributed by atoms with Gasteiger partial charge in [0.05, 0.1) is 0 Å². The number of hydrogen-bond acceptors (Lipinski definition) is 0. The Hall–Kier alpha value is -1.30. The molecule has 0 amide bonds. The molecule has 1 aromatic carbocycles. The van der Waals surface area contributed by atoms with Crippen LogP contribution < -0.4 is 0 Å². The monoisotopic (exact) mass is 236 g/mol. The molecule has 0 saturated heterocycles. The first-order chi connectivity index (χ1) is 8.93. The first kappa shape index (κ1) is 10.6. The third kappa shape index (κ3) is 1.51. The van der Waals surface area contributed by atoms with Crippen molar-refractivity contribution in [1.82, 2.24) is 0 Å². The molecule has 0 heteroatoms. The first-order valence-corrected chi connectivity index (χ1v) is 7.46. The van der Waals surface area contributed by atoms with Crippen LogP contribution in [0.4, 0.5) is 0 Å². The van der Waals surface area contributed by atoms with Crippen LogP contribution in [0.2, 0.25) is 0 Å². The van der Waals surface area contributed by atoms with Crippen LogP contribution in [-0.2, 0) is 19.3 Å². The van der Waals surface area contributed by atoms with Crippen molar-refractivity contribution in [2.75, 3.05) is 0 Å². The van der Waals surface area contributed by atoms with E-state index in [1.54, 1.807) is 33.4 Å². The highest BCUT2D eigenvalue weighted by Gasteiger charge is 2.23. The number of rotatable bonds is 0. The lowest BCUT2D eigenvalue weighted by Gasteiger charge is -2.29. The van der Waals surface area contributed by atoms with Crippen LogP contribution in [0, 0.1) is 0 Å². The van der Waals surface area contributed by atoms with Gasteiger partial charge in [0.1, 0.15) is 0 Å². The molecule has 0 unspecified atom stereocenters. The van der Waals surface area contributed by atoms with E-state index in [1.165, 1.54) is 51.4 Å². The van der Waals surface area contributed by atoms with Gasteiger partial charge in [0.2, 0.25) is 0 Å². The Bertz CT molecular complexity index is 558. The van der Waals surface area contributed by atoms with Crippen molar-refractivity contribution >= 4 is 5.57 Å². The number of fused-ring (bicyclic) bond motifs is 4. The predicted octanol–water partition coefficient (Wildman–Crippen LogP) is 4.62. The van der Waals surface area contributed by atoms with Crippen molar-refractivity contribution < 1.29 is 0 Å². The topological polar surface area (TPSA) is 0 Å². The lowest BCUT2D eigenvalue weighted by Crippen LogP contribution is -2.13. The summed E-state index contributed by atoms with van der Waals surface area (Å²) in [6, 6.07) is 4.81. The maximum atomic E-state index is 2.41. The van der Waals surface area contributed by atoms with E-state index in [0.29, 0.717) is 0 Å². The summed E-state index contributed by atoms with van der Waals surface area (Å²) in [4.78, 5) is 0. The summed E-state index contributed by atoms with van der Waals surface area (Å²) >= 11 is 0. The molecule has 3 aliphatic rings. The highest BCUT2D eigenvalue weighted by atomic mass is 14.3. The summed E-state index contributed by atoms with van der Waals surface area (Å²) in [7, 11) is 0. The van der Waals surface area contributed by atoms with E-state index in [0.717, 1.165) is 0 Å². The van der Waals surface area contributed by atoms with Crippen LogP contribution in [0.1, 0.15) is 54.4 Å². The minimum atomic E-state index is 1.25. The second kappa shape index (κ2) is 4.12. The van der Waals surface area contributed by atoms with Gasteiger partial charge in [0, 0.05) is 0 Å². The lowest BCUT2D eigenvalue weighted by atomic mass is 9.76. The SMILES string of the molecule is C1=CC2=C(CC1)CCc1c2ccc2c1CCCC2. The third-order valence-corrected chi connectivity index (χ3v) is 4.90. The fraction of sp³-hybridized carbons (Fsp3) is 0.444. The second-order valence-corrected chi connectivity index (χ2v) is 5.89. The molecule has 92 valence electrons. The normalized spacial score (nSPS) is 21.3. The minimum Gasteiger partial charge on any atom is -0.0836 e. The van der Waals surface area contributed by atoms with Gasteiger partial charge in [0.25, 0.3) is 0 Å². The van der Waals surface area contributed by atoms with Crippen molar-refractivity contribution in [3.8, 4) is 0 Å². The van der Waals surface area contributed by atoms with E-state index in [-0.39, 0.29) is 0 Å². The molecule has 0 aliphatic heterocycles. The summed E-state index contributed by atoms with van der Waals surface area (Å²) in [6.45, 7) is 0. The summed E-state index contributed by atoms with van der Waals surface area (Å²) in [5.41, 5.74) is 9.88. The Balaban J connectivity index is 1.90. The smallest absolute Gasteiger partial charge is 0.0149 e. The van der Waals surface area contributed by atoms with Crippen LogP contribution in [0.15, 0.2) is 29.9 Å². The minimum absolute atomic E-state index is 1.25. The van der Waals surface area contributed by atoms with Gasteiger partial charge < -0.3 is 0 Å². The molecule has 3 aliphatic carbocycles. The summed E-state index contributed by atoms with van der Waals surface area (Å²) in [5.74, 6) is 0. The van der Waals surface area contributed by atoms with Crippen molar-refractivity contribution in [2.45, 2.75) is 51.4 Å². The molecule has 0 heterocycles. The van der Waals surface area contributed by atoms with Crippen LogP contribution in [0.3, 0.4) is 0 Å². The predicted molar refractivity (Wildman–Crippen MR) is 76.7 cm³/mol. The van der Waals surface area contributed by atoms with Crippen LogP contribution in [-0.4, -0.2) is 0 Å². The quantitative estimate of drug-likeness (QED) is 0.617. The van der Waals surface area contributed by atoms with Gasteiger partial charge >= 0.3 is 0 Å².